The van der Waals surface area contributed by atoms with Crippen molar-refractivity contribution in [2.75, 3.05) is 0 Å². The van der Waals surface area contributed by atoms with Crippen molar-refractivity contribution >= 4 is 17.5 Å². The molecule has 0 saturated heterocycles. The topological polar surface area (TPSA) is 150 Å². The van der Waals surface area contributed by atoms with Crippen LogP contribution in [0.15, 0.2) is 89.4 Å². The molecule has 8 nitrogen and oxygen atoms in total. The lowest BCUT2D eigenvalue weighted by Crippen LogP contribution is -2.43. The molecular formula is C33H30N2O6. The van der Waals surface area contributed by atoms with Crippen LogP contribution in [0.1, 0.15) is 39.9 Å². The summed E-state index contributed by atoms with van der Waals surface area (Å²) in [5.74, 6) is -5.35. The Morgan fingerprint density at radius 1 is 0.902 bits per heavy atom. The zero-order valence-electron chi connectivity index (χ0n) is 22.3. The Bertz CT molecular complexity index is 1660. The zero-order chi connectivity index (χ0) is 28.8. The van der Waals surface area contributed by atoms with Crippen LogP contribution in [-0.4, -0.2) is 32.8 Å². The monoisotopic (exact) mass is 550 g/mol. The Balaban J connectivity index is 1.33. The van der Waals surface area contributed by atoms with Crippen molar-refractivity contribution in [2.45, 2.75) is 32.4 Å². The van der Waals surface area contributed by atoms with Gasteiger partial charge in [-0.25, -0.2) is 0 Å². The summed E-state index contributed by atoms with van der Waals surface area (Å²) in [6.45, 7) is 1.37. The molecule has 3 aromatic rings. The standard InChI is InChI=1S/C33H30N2O6/c34-33(41)29-25(37)14-21-12-20-13-23-22(9-10-24(36)28(23)31(39)26(20)30(38)27(21)32(29)40)19-8-4-7-18(11-19)16-35-15-17-5-2-1-3-6-17/h1-11,20-21,27,35-38H,12-16H2,(H2,34,41)/t20-,21?,27?/m1/s1. The van der Waals surface area contributed by atoms with Crippen LogP contribution in [0.4, 0.5) is 0 Å². The van der Waals surface area contributed by atoms with Crippen molar-refractivity contribution in [3.05, 3.63) is 112 Å². The predicted octanol–water partition coefficient (Wildman–Crippen LogP) is 4.42. The molecule has 1 amide bonds. The summed E-state index contributed by atoms with van der Waals surface area (Å²) < 4.78 is 0. The van der Waals surface area contributed by atoms with Crippen LogP contribution in [0.2, 0.25) is 0 Å². The van der Waals surface area contributed by atoms with Gasteiger partial charge in [-0.2, -0.15) is 0 Å². The second kappa shape index (κ2) is 10.4. The highest BCUT2D eigenvalue weighted by molar-refractivity contribution is 6.22. The molecular weight excluding hydrogens is 520 g/mol. The van der Waals surface area contributed by atoms with Gasteiger partial charge >= 0.3 is 0 Å². The van der Waals surface area contributed by atoms with E-state index >= 15 is 0 Å². The fourth-order valence-corrected chi connectivity index (χ4v) is 6.71. The first kappa shape index (κ1) is 26.5. The highest BCUT2D eigenvalue weighted by Gasteiger charge is 2.50. The fourth-order valence-electron chi connectivity index (χ4n) is 6.71. The Morgan fingerprint density at radius 3 is 2.39 bits per heavy atom. The maximum Gasteiger partial charge on any atom is 0.255 e. The van der Waals surface area contributed by atoms with Gasteiger partial charge in [0.05, 0.1) is 11.5 Å². The number of fused-ring (bicyclic) bond motifs is 3. The summed E-state index contributed by atoms with van der Waals surface area (Å²) in [5, 5.41) is 35.8. The number of benzene rings is 3. The van der Waals surface area contributed by atoms with Gasteiger partial charge in [-0.15, -0.1) is 0 Å². The maximum atomic E-state index is 13.8. The van der Waals surface area contributed by atoms with E-state index in [0.29, 0.717) is 24.9 Å². The van der Waals surface area contributed by atoms with E-state index in [1.807, 2.05) is 36.4 Å². The number of phenols is 1. The number of hydrogen-bond acceptors (Lipinski definition) is 7. The van der Waals surface area contributed by atoms with E-state index < -0.39 is 46.6 Å². The van der Waals surface area contributed by atoms with E-state index in [2.05, 4.69) is 23.5 Å². The largest absolute Gasteiger partial charge is 0.511 e. The minimum atomic E-state index is -1.13. The number of amides is 1. The molecule has 0 heterocycles. The number of hydrogen-bond donors (Lipinski definition) is 5. The number of phenolic OH excluding ortho intramolecular Hbond substituents is 1. The third-order valence-corrected chi connectivity index (χ3v) is 8.51. The number of aromatic hydroxyl groups is 1. The molecule has 0 bridgehead atoms. The number of carbonyl (C=O) groups is 3. The van der Waals surface area contributed by atoms with Gasteiger partial charge in [0.1, 0.15) is 22.8 Å². The second-order valence-electron chi connectivity index (χ2n) is 11.0. The average Bonchev–Trinajstić information content (AvgIpc) is 2.93. The first-order valence-corrected chi connectivity index (χ1v) is 13.7. The Kier molecular flexibility index (Phi) is 6.71. The van der Waals surface area contributed by atoms with Crippen LogP contribution in [0.5, 0.6) is 5.75 Å². The van der Waals surface area contributed by atoms with E-state index in [-0.39, 0.29) is 29.1 Å². The van der Waals surface area contributed by atoms with Crippen molar-refractivity contribution in [3.8, 4) is 16.9 Å². The SMILES string of the molecule is NC(=O)C1=C(O)CC2C[C@@H]3Cc4c(-c5cccc(CNCc6ccccc6)c5)ccc(O)c4C(=O)C3=C(O)C2C1=O. The number of aliphatic hydroxyl groups is 2. The van der Waals surface area contributed by atoms with E-state index in [1.165, 1.54) is 11.6 Å². The number of aliphatic hydroxyl groups excluding tert-OH is 2. The fraction of sp³-hybridized carbons (Fsp3) is 0.242. The minimum absolute atomic E-state index is 0.00842. The lowest BCUT2D eigenvalue weighted by Gasteiger charge is -2.41. The van der Waals surface area contributed by atoms with Crippen LogP contribution in [0, 0.1) is 17.8 Å². The number of ketones is 2. The first-order chi connectivity index (χ1) is 19.7. The van der Waals surface area contributed by atoms with Gasteiger partial charge in [0.25, 0.3) is 5.91 Å². The summed E-state index contributed by atoms with van der Waals surface area (Å²) >= 11 is 0. The number of rotatable bonds is 6. The van der Waals surface area contributed by atoms with Crippen molar-refractivity contribution in [2.24, 2.45) is 23.5 Å². The molecule has 0 spiro atoms. The Hall–Kier alpha value is -4.69. The normalized spacial score (nSPS) is 21.8. The van der Waals surface area contributed by atoms with Crippen LogP contribution in [0.25, 0.3) is 11.1 Å². The lowest BCUT2D eigenvalue weighted by atomic mass is 9.62. The van der Waals surface area contributed by atoms with Gasteiger partial charge in [0.15, 0.2) is 11.6 Å². The van der Waals surface area contributed by atoms with Crippen molar-refractivity contribution in [1.29, 1.82) is 0 Å². The summed E-state index contributed by atoms with van der Waals surface area (Å²) in [7, 11) is 0. The summed E-state index contributed by atoms with van der Waals surface area (Å²) in [5.41, 5.74) is 9.64. The molecule has 0 aliphatic heterocycles. The highest BCUT2D eigenvalue weighted by Crippen LogP contribution is 2.50. The highest BCUT2D eigenvalue weighted by atomic mass is 16.3. The third-order valence-electron chi connectivity index (χ3n) is 8.51. The van der Waals surface area contributed by atoms with Gasteiger partial charge in [-0.1, -0.05) is 54.6 Å². The first-order valence-electron chi connectivity index (χ1n) is 13.7. The molecule has 0 fully saturated rings. The van der Waals surface area contributed by atoms with Crippen LogP contribution in [-0.2, 0) is 29.1 Å². The molecule has 3 atom stereocenters. The number of primary amides is 1. The van der Waals surface area contributed by atoms with Crippen molar-refractivity contribution in [3.63, 3.8) is 0 Å². The van der Waals surface area contributed by atoms with Gasteiger partial charge in [-0.05, 0) is 64.6 Å². The quantitative estimate of drug-likeness (QED) is 0.285. The third kappa shape index (κ3) is 4.60. The molecule has 0 saturated carbocycles. The number of Topliss-reactive ketones (excluding diaryl/α,β-unsaturated/α-hetero) is 2. The van der Waals surface area contributed by atoms with Gasteiger partial charge < -0.3 is 26.4 Å². The predicted molar refractivity (Wildman–Crippen MR) is 152 cm³/mol. The van der Waals surface area contributed by atoms with E-state index in [4.69, 9.17) is 5.73 Å². The molecule has 6 rings (SSSR count). The molecule has 3 aliphatic carbocycles. The molecule has 41 heavy (non-hydrogen) atoms. The molecule has 3 aromatic carbocycles. The molecule has 8 heteroatoms. The second-order valence-corrected chi connectivity index (χ2v) is 11.0. The summed E-state index contributed by atoms with van der Waals surface area (Å²) in [6.07, 6.45) is 0.732. The number of allylic oxidation sites excluding steroid dienone is 3. The molecule has 208 valence electrons. The average molecular weight is 551 g/mol. The Morgan fingerprint density at radius 2 is 1.63 bits per heavy atom. The summed E-state index contributed by atoms with van der Waals surface area (Å²) in [4.78, 5) is 38.7. The Labute approximate surface area is 236 Å². The van der Waals surface area contributed by atoms with Gasteiger partial charge in [-0.3, -0.25) is 14.4 Å². The van der Waals surface area contributed by atoms with Crippen molar-refractivity contribution in [1.82, 2.24) is 5.32 Å². The van der Waals surface area contributed by atoms with Crippen LogP contribution in [0.3, 0.4) is 0 Å². The summed E-state index contributed by atoms with van der Waals surface area (Å²) in [6, 6.07) is 21.4. The lowest BCUT2D eigenvalue weighted by molar-refractivity contribution is -0.126. The van der Waals surface area contributed by atoms with E-state index in [9.17, 15) is 29.7 Å². The molecule has 6 N–H and O–H groups in total. The zero-order valence-corrected chi connectivity index (χ0v) is 22.3. The number of nitrogens with two attached hydrogens (primary N) is 1. The number of nitrogens with one attached hydrogen (secondary N) is 1. The van der Waals surface area contributed by atoms with Crippen molar-refractivity contribution < 1.29 is 29.7 Å². The molecule has 0 radical (unpaired) electrons. The van der Waals surface area contributed by atoms with Gasteiger partial charge in [0.2, 0.25) is 0 Å². The smallest absolute Gasteiger partial charge is 0.255 e. The van der Waals surface area contributed by atoms with Crippen LogP contribution < -0.4 is 11.1 Å². The molecule has 3 aliphatic rings. The van der Waals surface area contributed by atoms with Crippen LogP contribution >= 0.6 is 0 Å². The molecule has 0 aromatic heterocycles. The maximum absolute atomic E-state index is 13.8. The number of carbonyl (C=O) groups excluding carboxylic acids is 3. The van der Waals surface area contributed by atoms with E-state index in [1.54, 1.807) is 6.07 Å². The molecule has 2 unspecified atom stereocenters. The van der Waals surface area contributed by atoms with E-state index in [0.717, 1.165) is 23.2 Å². The minimum Gasteiger partial charge on any atom is -0.511 e. The van der Waals surface area contributed by atoms with Gasteiger partial charge in [0, 0.05) is 25.1 Å².